The first-order chi connectivity index (χ1) is 40.1. The smallest absolute Gasteiger partial charge is 0.123 e. The number of benzene rings is 6. The van der Waals surface area contributed by atoms with Gasteiger partial charge in [0.05, 0.1) is 0 Å². The van der Waals surface area contributed by atoms with Crippen LogP contribution in [0.25, 0.3) is 0 Å². The van der Waals surface area contributed by atoms with E-state index >= 15 is 0 Å². The van der Waals surface area contributed by atoms with Crippen LogP contribution >= 0.6 is 0 Å². The summed E-state index contributed by atoms with van der Waals surface area (Å²) in [5, 5.41) is 0. The lowest BCUT2D eigenvalue weighted by atomic mass is 10.1. The van der Waals surface area contributed by atoms with E-state index in [0.717, 1.165) is 169 Å². The van der Waals surface area contributed by atoms with Crippen LogP contribution in [0.5, 0.6) is 69.0 Å². The van der Waals surface area contributed by atoms with E-state index in [9.17, 15) is 0 Å². The highest BCUT2D eigenvalue weighted by atomic mass is 16.5. The molecule has 0 aromatic heterocycles. The highest BCUT2D eigenvalue weighted by Gasteiger charge is 2.18. The summed E-state index contributed by atoms with van der Waals surface area (Å²) in [6.45, 7) is 53.0. The van der Waals surface area contributed by atoms with E-state index in [2.05, 4.69) is 39.5 Å². The third-order valence-electron chi connectivity index (χ3n) is 15.3. The molecule has 0 saturated heterocycles. The summed E-state index contributed by atoms with van der Waals surface area (Å²) in [5.41, 5.74) is 16.3. The Morgan fingerprint density at radius 2 is 0.238 bits per heavy atom. The van der Waals surface area contributed by atoms with Crippen LogP contribution < -0.4 is 56.8 Å². The fourth-order valence-electron chi connectivity index (χ4n) is 8.91. The maximum Gasteiger partial charge on any atom is 0.123 e. The van der Waals surface area contributed by atoms with Crippen molar-refractivity contribution in [1.82, 2.24) is 0 Å². The lowest BCUT2D eigenvalue weighted by Crippen LogP contribution is -2.12. The molecule has 0 amide bonds. The van der Waals surface area contributed by atoms with Crippen molar-refractivity contribution in [1.29, 1.82) is 0 Å². The Kier molecular flexibility index (Phi) is 21.8. The van der Waals surface area contributed by atoms with Crippen LogP contribution in [-0.4, -0.2) is 79.3 Å². The van der Waals surface area contributed by atoms with E-state index in [-0.39, 0.29) is 79.3 Å². The molecular formula is C72H84O12. The maximum atomic E-state index is 6.23. The quantitative estimate of drug-likeness (QED) is 0.135. The second-order valence-electron chi connectivity index (χ2n) is 21.8. The minimum Gasteiger partial charge on any atom is -0.489 e. The highest BCUT2D eigenvalue weighted by molar-refractivity contribution is 5.52. The Balaban J connectivity index is 0.982. The van der Waals surface area contributed by atoms with Crippen LogP contribution in [0.1, 0.15) is 66.8 Å². The van der Waals surface area contributed by atoms with Crippen LogP contribution in [0.3, 0.4) is 0 Å². The van der Waals surface area contributed by atoms with Crippen LogP contribution in [-0.2, 0) is 0 Å². The molecule has 444 valence electrons. The fraction of sp³-hybridized carbons (Fsp3) is 0.333. The van der Waals surface area contributed by atoms with Crippen molar-refractivity contribution in [2.45, 2.75) is 83.1 Å². The first-order valence-corrected chi connectivity index (χ1v) is 28.2. The molecule has 0 N–H and O–H groups in total. The van der Waals surface area contributed by atoms with Gasteiger partial charge >= 0.3 is 0 Å². The van der Waals surface area contributed by atoms with Gasteiger partial charge in [0.1, 0.15) is 148 Å². The molecule has 84 heavy (non-hydrogen) atoms. The second kappa shape index (κ2) is 29.1. The van der Waals surface area contributed by atoms with E-state index < -0.39 is 0 Å². The molecule has 12 bridgehead atoms. The Bertz CT molecular complexity index is 2660. The molecular weight excluding hydrogens is 1060 g/mol. The maximum absolute atomic E-state index is 6.23. The predicted molar refractivity (Wildman–Crippen MR) is 336 cm³/mol. The van der Waals surface area contributed by atoms with Crippen LogP contribution in [0.15, 0.2) is 146 Å². The van der Waals surface area contributed by atoms with E-state index in [1.54, 1.807) is 0 Å². The Morgan fingerprint density at radius 1 is 0.167 bits per heavy atom. The molecule has 0 aliphatic carbocycles. The molecule has 6 aromatic carbocycles. The van der Waals surface area contributed by atoms with Gasteiger partial charge in [-0.1, -0.05) is 39.5 Å². The molecule has 10 aliphatic rings. The summed E-state index contributed by atoms with van der Waals surface area (Å²) in [7, 11) is 0. The molecule has 16 rings (SSSR count). The average Bonchev–Trinajstić information content (AvgIpc) is 3.68. The zero-order valence-corrected chi connectivity index (χ0v) is 51.6. The van der Waals surface area contributed by atoms with Gasteiger partial charge < -0.3 is 56.8 Å². The molecule has 12 nitrogen and oxygen atoms in total. The Hall–Kier alpha value is -8.64. The molecule has 0 radical (unpaired) electrons. The van der Waals surface area contributed by atoms with Gasteiger partial charge in [-0.3, -0.25) is 0 Å². The largest absolute Gasteiger partial charge is 0.489 e. The normalized spacial score (nSPS) is 15.1. The van der Waals surface area contributed by atoms with E-state index in [4.69, 9.17) is 56.8 Å². The standard InChI is InChI=1S/C72H84O12/c1-43-31-73-61-19-21-63(51(9)49(61)7)75-33-44(2)35-77-65-23-25-67(55(13)53(65)11)79-37-46(4)39-81-69-27-29-71(59(17)57(69)15)83-41-48(6)42-84-72-30-28-70(58(16)60(72)18)82-40-47(5)38-80-68-26-24-66(54(12)56(68)14)78-36-45(3)34-76-64-22-20-62(74-32-43)50(8)52(64)10/h19-30H,1-6,31-42H2,7-18H3. The number of hydrogen-bond acceptors (Lipinski definition) is 12. The summed E-state index contributed by atoms with van der Waals surface area (Å²) in [6.07, 6.45) is 0. The van der Waals surface area contributed by atoms with Crippen molar-refractivity contribution < 1.29 is 56.8 Å². The van der Waals surface area contributed by atoms with Crippen LogP contribution in [0, 0.1) is 83.1 Å². The lowest BCUT2D eigenvalue weighted by Gasteiger charge is -2.19. The number of hydrogen-bond donors (Lipinski definition) is 0. The number of ether oxygens (including phenoxy) is 12. The summed E-state index contributed by atoms with van der Waals surface area (Å²) in [5.74, 6) is 8.91. The SMILES string of the molecule is C=C1COc2ccc(c(C)c2C)OCC(=C)COc2ccc(c(C)c2C)OCC(=C)COc2ccc(c(C)c2C)OCC(=C)COc2ccc(c(C)c2C)OCC(=C)COc2ccc(c(C)c2C)OCC(=C)COc2ccc(c(C)c2C)OC1. The van der Waals surface area contributed by atoms with Gasteiger partial charge in [0.15, 0.2) is 0 Å². The zero-order valence-electron chi connectivity index (χ0n) is 51.6. The highest BCUT2D eigenvalue weighted by Crippen LogP contribution is 2.36. The molecule has 10 aliphatic heterocycles. The molecule has 0 atom stereocenters. The van der Waals surface area contributed by atoms with Gasteiger partial charge in [0.2, 0.25) is 0 Å². The lowest BCUT2D eigenvalue weighted by molar-refractivity contribution is 0.289. The van der Waals surface area contributed by atoms with Crippen molar-refractivity contribution in [2.75, 3.05) is 79.3 Å². The van der Waals surface area contributed by atoms with Gasteiger partial charge in [-0.25, -0.2) is 0 Å². The second-order valence-corrected chi connectivity index (χ2v) is 21.8. The summed E-state index contributed by atoms with van der Waals surface area (Å²) in [4.78, 5) is 0. The third-order valence-corrected chi connectivity index (χ3v) is 15.3. The van der Waals surface area contributed by atoms with Crippen molar-refractivity contribution in [3.05, 3.63) is 212 Å². The minimum absolute atomic E-state index is 0.285. The first kappa shape index (κ1) is 63.0. The minimum atomic E-state index is 0.285. The molecule has 0 fully saturated rings. The summed E-state index contributed by atoms with van der Waals surface area (Å²) >= 11 is 0. The van der Waals surface area contributed by atoms with Crippen molar-refractivity contribution >= 4 is 0 Å². The molecule has 0 unspecified atom stereocenters. The summed E-state index contributed by atoms with van der Waals surface area (Å²) < 4.78 is 74.8. The van der Waals surface area contributed by atoms with Crippen LogP contribution in [0.4, 0.5) is 0 Å². The fourth-order valence-corrected chi connectivity index (χ4v) is 8.91. The predicted octanol–water partition coefficient (Wildman–Crippen LogP) is 15.8. The van der Waals surface area contributed by atoms with Crippen molar-refractivity contribution in [2.24, 2.45) is 0 Å². The van der Waals surface area contributed by atoms with Gasteiger partial charge in [0.25, 0.3) is 0 Å². The van der Waals surface area contributed by atoms with E-state index in [1.165, 1.54) is 0 Å². The third kappa shape index (κ3) is 16.3. The van der Waals surface area contributed by atoms with Gasteiger partial charge in [-0.15, -0.1) is 0 Å². The molecule has 0 saturated carbocycles. The molecule has 0 spiro atoms. The first-order valence-electron chi connectivity index (χ1n) is 28.2. The van der Waals surface area contributed by atoms with Crippen molar-refractivity contribution in [3.63, 3.8) is 0 Å². The topological polar surface area (TPSA) is 111 Å². The molecule has 10 heterocycles. The van der Waals surface area contributed by atoms with Gasteiger partial charge in [-0.2, -0.15) is 0 Å². The Morgan fingerprint density at radius 3 is 0.310 bits per heavy atom. The van der Waals surface area contributed by atoms with E-state index in [0.29, 0.717) is 0 Å². The number of rotatable bonds is 0. The monoisotopic (exact) mass is 1140 g/mol. The van der Waals surface area contributed by atoms with Gasteiger partial charge in [-0.05, 0) is 256 Å². The molecule has 12 heteroatoms. The average molecular weight is 1140 g/mol. The van der Waals surface area contributed by atoms with Crippen LogP contribution in [0.2, 0.25) is 0 Å². The van der Waals surface area contributed by atoms with Crippen molar-refractivity contribution in [3.8, 4) is 69.0 Å². The Labute approximate surface area is 498 Å². The van der Waals surface area contributed by atoms with E-state index in [1.807, 2.05) is 156 Å². The zero-order chi connectivity index (χ0) is 60.8. The molecule has 6 aromatic rings. The van der Waals surface area contributed by atoms with Gasteiger partial charge in [0, 0.05) is 0 Å². The summed E-state index contributed by atoms with van der Waals surface area (Å²) in [6, 6.07) is 23.0.